The summed E-state index contributed by atoms with van der Waals surface area (Å²) in [5, 5.41) is 29.0. The second-order valence-electron chi connectivity index (χ2n) is 5.67. The number of aromatic nitrogens is 2. The molecular formula is C18H26ClN4NaO8. The van der Waals surface area contributed by atoms with E-state index < -0.39 is 9.85 Å². The van der Waals surface area contributed by atoms with Crippen molar-refractivity contribution in [1.82, 2.24) is 9.97 Å². The molecule has 0 saturated carbocycles. The van der Waals surface area contributed by atoms with Gasteiger partial charge >= 0.3 is 29.6 Å². The average molecular weight is 485 g/mol. The van der Waals surface area contributed by atoms with Crippen molar-refractivity contribution < 1.29 is 60.1 Å². The maximum absolute atomic E-state index is 10.5. The fourth-order valence-corrected chi connectivity index (χ4v) is 2.03. The topological polar surface area (TPSA) is 160 Å². The van der Waals surface area contributed by atoms with Crippen LogP contribution in [0.2, 0.25) is 5.15 Å². The molecule has 0 radical (unpaired) electrons. The monoisotopic (exact) mass is 484 g/mol. The van der Waals surface area contributed by atoms with Crippen LogP contribution in [0.4, 0.5) is 11.4 Å². The van der Waals surface area contributed by atoms with E-state index in [9.17, 15) is 20.2 Å². The summed E-state index contributed by atoms with van der Waals surface area (Å²) in [4.78, 5) is 27.2. The molecule has 12 nitrogen and oxygen atoms in total. The number of rotatable bonds is 8. The van der Waals surface area contributed by atoms with E-state index in [0.29, 0.717) is 36.8 Å². The molecule has 0 aliphatic heterocycles. The van der Waals surface area contributed by atoms with Crippen molar-refractivity contribution in [3.63, 3.8) is 0 Å². The second kappa shape index (κ2) is 18.6. The number of hydrogen-bond donors (Lipinski definition) is 1. The molecule has 174 valence electrons. The number of pyridine rings is 2. The Labute approximate surface area is 214 Å². The maximum Gasteiger partial charge on any atom is 1.00 e. The largest absolute Gasteiger partial charge is 1.00 e. The van der Waals surface area contributed by atoms with E-state index in [1.807, 2.05) is 0 Å². The number of aryl methyl sites for hydroxylation is 2. The number of nitrogens with zero attached hydrogens (tertiary/aromatic N) is 4. The minimum Gasteiger partial charge on any atom is -1.00 e. The Morgan fingerprint density at radius 3 is 1.84 bits per heavy atom. The molecule has 2 heterocycles. The summed E-state index contributed by atoms with van der Waals surface area (Å²) in [7, 11) is 3.12. The SMILES string of the molecule is COCCO.COCCOc1cc(C)c([N+](=O)[O-])cn1.Cc1cc(Cl)ncc1[N+](=O)[O-].[H-].[Na+]. The van der Waals surface area contributed by atoms with Gasteiger partial charge in [-0.05, 0) is 19.9 Å². The van der Waals surface area contributed by atoms with Crippen molar-refractivity contribution in [1.29, 1.82) is 0 Å². The van der Waals surface area contributed by atoms with Crippen LogP contribution in [0, 0.1) is 34.1 Å². The van der Waals surface area contributed by atoms with Crippen molar-refractivity contribution in [2.24, 2.45) is 0 Å². The summed E-state index contributed by atoms with van der Waals surface area (Å²) in [6.45, 7) is 4.66. The number of halogens is 1. The molecule has 0 unspecified atom stereocenters. The first kappa shape index (κ1) is 32.3. The number of methoxy groups -OCH3 is 2. The van der Waals surface area contributed by atoms with Gasteiger partial charge in [0.1, 0.15) is 24.2 Å². The molecule has 2 aromatic rings. The van der Waals surface area contributed by atoms with Crippen molar-refractivity contribution in [3.05, 3.63) is 61.0 Å². The van der Waals surface area contributed by atoms with Gasteiger partial charge in [-0.1, -0.05) is 11.6 Å². The summed E-state index contributed by atoms with van der Waals surface area (Å²) in [6, 6.07) is 2.99. The van der Waals surface area contributed by atoms with Crippen LogP contribution in [0.25, 0.3) is 0 Å². The molecular weight excluding hydrogens is 459 g/mol. The molecule has 0 atom stereocenters. The van der Waals surface area contributed by atoms with E-state index in [4.69, 9.17) is 26.2 Å². The van der Waals surface area contributed by atoms with Gasteiger partial charge in [0.2, 0.25) is 5.88 Å². The molecule has 32 heavy (non-hydrogen) atoms. The summed E-state index contributed by atoms with van der Waals surface area (Å²) in [5.41, 5.74) is 1.04. The standard InChI is InChI=1S/C9H12N2O4.C6H5ClN2O2.C3H8O2.Na.H/c1-7-5-9(15-4-3-14-2)10-6-8(7)11(12)13;1-4-2-6(7)8-3-5(4)9(10)11;1-5-3-2-4;;/h5-6H,3-4H2,1-2H3;2-3H,1H3;4H,2-3H2,1H3;;/q;;;+1;-1. The molecule has 2 aromatic heterocycles. The third-order valence-electron chi connectivity index (χ3n) is 3.33. The molecule has 14 heteroatoms. The van der Waals surface area contributed by atoms with Crippen LogP contribution in [-0.4, -0.2) is 65.6 Å². The Morgan fingerprint density at radius 2 is 1.47 bits per heavy atom. The first-order chi connectivity index (χ1) is 14.7. The van der Waals surface area contributed by atoms with E-state index in [2.05, 4.69) is 14.7 Å². The molecule has 0 amide bonds. The summed E-state index contributed by atoms with van der Waals surface area (Å²) >= 11 is 5.49. The van der Waals surface area contributed by atoms with Crippen molar-refractivity contribution >= 4 is 23.0 Å². The molecule has 0 saturated heterocycles. The predicted octanol–water partition coefficient (Wildman–Crippen LogP) is 0.0166. The molecule has 0 bridgehead atoms. The third-order valence-corrected chi connectivity index (χ3v) is 3.54. The van der Waals surface area contributed by atoms with Gasteiger partial charge in [-0.3, -0.25) is 20.2 Å². The van der Waals surface area contributed by atoms with E-state index in [1.165, 1.54) is 18.3 Å². The van der Waals surface area contributed by atoms with Gasteiger partial charge in [-0.2, -0.15) is 0 Å². The second-order valence-corrected chi connectivity index (χ2v) is 6.06. The van der Waals surface area contributed by atoms with E-state index in [0.717, 1.165) is 6.20 Å². The van der Waals surface area contributed by atoms with E-state index >= 15 is 0 Å². The van der Waals surface area contributed by atoms with Gasteiger partial charge in [0.05, 0.1) is 29.7 Å². The summed E-state index contributed by atoms with van der Waals surface area (Å²) in [5.74, 6) is 0.371. The Morgan fingerprint density at radius 1 is 0.969 bits per heavy atom. The zero-order valence-corrected chi connectivity index (χ0v) is 21.4. The average Bonchev–Trinajstić information content (AvgIpc) is 2.69. The molecule has 0 aliphatic carbocycles. The molecule has 2 rings (SSSR count). The van der Waals surface area contributed by atoms with E-state index in [1.54, 1.807) is 28.1 Å². The number of hydrogen-bond acceptors (Lipinski definition) is 10. The van der Waals surface area contributed by atoms with E-state index in [-0.39, 0.29) is 54.1 Å². The Bertz CT molecular complexity index is 849. The fraction of sp³-hybridized carbons (Fsp3) is 0.444. The molecule has 0 aromatic carbocycles. The first-order valence-corrected chi connectivity index (χ1v) is 9.14. The van der Waals surface area contributed by atoms with Gasteiger partial charge in [0.15, 0.2) is 0 Å². The predicted molar refractivity (Wildman–Crippen MR) is 114 cm³/mol. The number of ether oxygens (including phenoxy) is 3. The zero-order chi connectivity index (χ0) is 23.8. The van der Waals surface area contributed by atoms with Crippen LogP contribution in [0.3, 0.4) is 0 Å². The van der Waals surface area contributed by atoms with Crippen LogP contribution in [-0.2, 0) is 9.47 Å². The van der Waals surface area contributed by atoms with Crippen LogP contribution in [0.15, 0.2) is 24.5 Å². The number of aliphatic hydroxyl groups excluding tert-OH is 1. The minimum absolute atomic E-state index is 0. The van der Waals surface area contributed by atoms with Crippen molar-refractivity contribution in [3.8, 4) is 5.88 Å². The van der Waals surface area contributed by atoms with Crippen molar-refractivity contribution in [2.75, 3.05) is 40.6 Å². The molecule has 0 aliphatic rings. The smallest absolute Gasteiger partial charge is 1.00 e. The normalized spacial score (nSPS) is 9.31. The Kier molecular flexibility index (Phi) is 18.8. The zero-order valence-electron chi connectivity index (χ0n) is 19.6. The number of nitro groups is 2. The molecule has 0 spiro atoms. The van der Waals surface area contributed by atoms with Gasteiger partial charge in [-0.15, -0.1) is 0 Å². The Balaban J connectivity index is -0.000000443. The molecule has 1 N–H and O–H groups in total. The summed E-state index contributed by atoms with van der Waals surface area (Å²) < 4.78 is 14.4. The van der Waals surface area contributed by atoms with Gasteiger partial charge < -0.3 is 20.7 Å². The first-order valence-electron chi connectivity index (χ1n) is 8.77. The maximum atomic E-state index is 10.5. The molecule has 0 fully saturated rings. The Hall–Kier alpha value is -1.93. The van der Waals surface area contributed by atoms with Crippen LogP contribution in [0.5, 0.6) is 5.88 Å². The van der Waals surface area contributed by atoms with Crippen LogP contribution < -0.4 is 34.3 Å². The summed E-state index contributed by atoms with van der Waals surface area (Å²) in [6.07, 6.45) is 2.34. The quantitative estimate of drug-likeness (QED) is 0.178. The van der Waals surface area contributed by atoms with Gasteiger partial charge in [-0.25, -0.2) is 9.97 Å². The van der Waals surface area contributed by atoms with Crippen LogP contribution in [0.1, 0.15) is 12.6 Å². The minimum atomic E-state index is -0.487. The van der Waals surface area contributed by atoms with Gasteiger partial charge in [0, 0.05) is 31.4 Å². The van der Waals surface area contributed by atoms with Gasteiger partial charge in [0.25, 0.3) is 11.4 Å². The van der Waals surface area contributed by atoms with Crippen LogP contribution >= 0.6 is 11.6 Å². The third kappa shape index (κ3) is 13.5. The number of aliphatic hydroxyl groups is 1. The van der Waals surface area contributed by atoms with Crippen molar-refractivity contribution in [2.45, 2.75) is 13.8 Å². The fourth-order valence-electron chi connectivity index (χ4n) is 1.82.